The molecular weight excluding hydrogens is 599 g/mol. The maximum Gasteiger partial charge on any atom is 1.00 e. The molecule has 10 heteroatoms. The van der Waals surface area contributed by atoms with Crippen LogP contribution in [-0.4, -0.2) is 42.9 Å². The van der Waals surface area contributed by atoms with Gasteiger partial charge >= 0.3 is 29.0 Å². The summed E-state index contributed by atoms with van der Waals surface area (Å²) in [4.78, 5) is 2.86. The zero-order chi connectivity index (χ0) is 31.8. The van der Waals surface area contributed by atoms with Crippen LogP contribution < -0.4 is 28.4 Å². The Hall–Kier alpha value is -3.68. The van der Waals surface area contributed by atoms with E-state index < -0.39 is 20.0 Å². The van der Waals surface area contributed by atoms with Gasteiger partial charge in [0.05, 0.1) is 9.79 Å². The first-order chi connectivity index (χ1) is 21.1. The summed E-state index contributed by atoms with van der Waals surface area (Å²) in [6, 6.07) is 42.9. The third-order valence-corrected chi connectivity index (χ3v) is 8.98. The van der Waals surface area contributed by atoms with E-state index in [9.17, 15) is 16.8 Å². The molecule has 0 aliphatic rings. The van der Waals surface area contributed by atoms with Crippen molar-refractivity contribution in [1.29, 1.82) is 0 Å². The van der Waals surface area contributed by atoms with Crippen LogP contribution in [0.5, 0.6) is 5.75 Å². The molecule has 5 aromatic rings. The van der Waals surface area contributed by atoms with E-state index in [4.69, 9.17) is 4.18 Å². The molecule has 0 aliphatic heterocycles. The molecule has 0 saturated carbocycles. The number of hydrogen-bond acceptors (Lipinski definition) is 7. The molecule has 0 aromatic heterocycles. The number of nitrogens with zero attached hydrogens (tertiary/aromatic N) is 1. The van der Waals surface area contributed by atoms with Crippen LogP contribution in [0.15, 0.2) is 154 Å². The van der Waals surface area contributed by atoms with E-state index in [0.29, 0.717) is 15.5 Å². The molecule has 0 fully saturated rings. The molecule has 0 spiro atoms. The Morgan fingerprint density at radius 1 is 0.622 bits per heavy atom. The summed E-state index contributed by atoms with van der Waals surface area (Å²) < 4.78 is 53.2. The maximum absolute atomic E-state index is 12.4. The molecule has 0 heterocycles. The summed E-state index contributed by atoms with van der Waals surface area (Å²) in [6.45, 7) is 1.74. The summed E-state index contributed by atoms with van der Waals surface area (Å²) in [5.41, 5.74) is 2.40. The summed E-state index contributed by atoms with van der Waals surface area (Å²) >= 11 is 0. The molecule has 7 nitrogen and oxygen atoms in total. The maximum atomic E-state index is 12.4. The molecule has 230 valence electrons. The smallest absolute Gasteiger partial charge is 0.379 e. The first-order valence-electron chi connectivity index (χ1n) is 13.8. The summed E-state index contributed by atoms with van der Waals surface area (Å²) in [5, 5.41) is 3.07. The Labute approximate surface area is 280 Å². The van der Waals surface area contributed by atoms with E-state index in [0.717, 1.165) is 18.7 Å². The van der Waals surface area contributed by atoms with Gasteiger partial charge < -0.3 is 14.4 Å². The number of nitrogens with one attached hydrogen (secondary N) is 1. The molecule has 0 radical (unpaired) electrons. The minimum absolute atomic E-state index is 0. The van der Waals surface area contributed by atoms with Crippen LogP contribution in [0.3, 0.4) is 0 Å². The van der Waals surface area contributed by atoms with Crippen molar-refractivity contribution in [3.05, 3.63) is 157 Å². The molecule has 0 saturated heterocycles. The van der Waals surface area contributed by atoms with Crippen molar-refractivity contribution in [2.75, 3.05) is 21.1 Å². The van der Waals surface area contributed by atoms with Gasteiger partial charge in [-0.3, -0.25) is 0 Å². The van der Waals surface area contributed by atoms with Crippen LogP contribution in [0, 0.1) is 6.07 Å². The zero-order valence-electron chi connectivity index (χ0n) is 26.0. The van der Waals surface area contributed by atoms with Crippen LogP contribution in [0.25, 0.3) is 0 Å². The Morgan fingerprint density at radius 2 is 1.09 bits per heavy atom. The first kappa shape index (κ1) is 37.5. The van der Waals surface area contributed by atoms with Crippen molar-refractivity contribution >= 4 is 20.0 Å². The number of hydrogen-bond donors (Lipinski definition) is 1. The molecular formula is C35H37LiN2O5S2. The summed E-state index contributed by atoms with van der Waals surface area (Å²) in [7, 11) is -1.21. The van der Waals surface area contributed by atoms with E-state index >= 15 is 0 Å². The van der Waals surface area contributed by atoms with Gasteiger partial charge in [0, 0.05) is 6.54 Å². The Balaban J connectivity index is 0.000000246. The third kappa shape index (κ3) is 12.7. The van der Waals surface area contributed by atoms with E-state index in [2.05, 4.69) is 23.5 Å². The van der Waals surface area contributed by atoms with Crippen LogP contribution >= 0.6 is 0 Å². The van der Waals surface area contributed by atoms with Crippen LogP contribution in [0.1, 0.15) is 11.1 Å². The average molecular weight is 637 g/mol. The minimum atomic E-state index is -3.71. The second-order valence-corrected chi connectivity index (χ2v) is 13.3. The zero-order valence-corrected chi connectivity index (χ0v) is 27.6. The molecule has 0 amide bonds. The standard InChI is InChI=1S/C15H17NO2S.C12H10O3S.C8H10N.Li/c1-16(2)12-13-8-10-15(11-9-13)19(17,18)14-6-4-3-5-7-14;13-16(14,12-9-5-2-6-10-12)15-11-7-3-1-4-8-11;1-9-7-8-5-3-2-4-6-8;/h3-11H,12H2,1-2H3;1-10H;3-6,9H,7H2,1H3;/q;;-1;+1. The molecule has 0 unspecified atom stereocenters. The van der Waals surface area contributed by atoms with Crippen LogP contribution in [0.4, 0.5) is 0 Å². The predicted octanol–water partition coefficient (Wildman–Crippen LogP) is 3.25. The van der Waals surface area contributed by atoms with Gasteiger partial charge in [0.25, 0.3) is 0 Å². The molecule has 45 heavy (non-hydrogen) atoms. The fourth-order valence-electron chi connectivity index (χ4n) is 3.86. The Morgan fingerprint density at radius 3 is 1.58 bits per heavy atom. The number of sulfone groups is 1. The number of rotatable bonds is 9. The fraction of sp³-hybridized carbons (Fsp3) is 0.143. The topological polar surface area (TPSA) is 92.8 Å². The molecule has 5 rings (SSSR count). The van der Waals surface area contributed by atoms with Gasteiger partial charge in [-0.15, -0.1) is 5.56 Å². The SMILES string of the molecule is CN(C)Cc1ccc(S(=O)(=O)c2ccccc2)cc1.CNCc1cc[c-]cc1.O=S(=O)(Oc1ccccc1)c1ccccc1.[Li+]. The van der Waals surface area contributed by atoms with Gasteiger partial charge in [-0.1, -0.05) is 66.7 Å². The summed E-state index contributed by atoms with van der Waals surface area (Å²) in [6.07, 6.45) is 0. The molecule has 0 aliphatic carbocycles. The second-order valence-electron chi connectivity index (χ2n) is 9.80. The van der Waals surface area contributed by atoms with Crippen molar-refractivity contribution in [3.63, 3.8) is 0 Å². The quantitative estimate of drug-likeness (QED) is 0.151. The summed E-state index contributed by atoms with van der Waals surface area (Å²) in [5.74, 6) is 0.311. The first-order valence-corrected chi connectivity index (χ1v) is 16.7. The van der Waals surface area contributed by atoms with Gasteiger partial charge in [0.1, 0.15) is 10.6 Å². The van der Waals surface area contributed by atoms with E-state index in [1.807, 2.05) is 50.3 Å². The number of para-hydroxylation sites is 1. The monoisotopic (exact) mass is 636 g/mol. The molecule has 5 aromatic carbocycles. The molecule has 0 bridgehead atoms. The van der Waals surface area contributed by atoms with Crippen molar-refractivity contribution < 1.29 is 39.9 Å². The van der Waals surface area contributed by atoms with Gasteiger partial charge in [0.15, 0.2) is 0 Å². The Bertz CT molecular complexity index is 1740. The van der Waals surface area contributed by atoms with Gasteiger partial charge in [0.2, 0.25) is 9.84 Å². The van der Waals surface area contributed by atoms with E-state index in [-0.39, 0.29) is 23.8 Å². The largest absolute Gasteiger partial charge is 1.00 e. The van der Waals surface area contributed by atoms with Crippen molar-refractivity contribution in [2.45, 2.75) is 27.8 Å². The van der Waals surface area contributed by atoms with E-state index in [1.165, 1.54) is 17.7 Å². The fourth-order valence-corrected chi connectivity index (χ4v) is 6.09. The van der Waals surface area contributed by atoms with Gasteiger partial charge in [-0.25, -0.2) is 8.42 Å². The van der Waals surface area contributed by atoms with Crippen molar-refractivity contribution in [1.82, 2.24) is 10.2 Å². The second kappa shape index (κ2) is 19.0. The molecule has 1 N–H and O–H groups in total. The number of benzene rings is 5. The van der Waals surface area contributed by atoms with Crippen LogP contribution in [-0.2, 0) is 33.0 Å². The van der Waals surface area contributed by atoms with Gasteiger partial charge in [-0.2, -0.15) is 38.7 Å². The third-order valence-electron chi connectivity index (χ3n) is 5.94. The van der Waals surface area contributed by atoms with Gasteiger partial charge in [-0.05, 0) is 81.8 Å². The van der Waals surface area contributed by atoms with Crippen molar-refractivity contribution in [3.8, 4) is 5.75 Å². The van der Waals surface area contributed by atoms with E-state index in [1.54, 1.807) is 91.0 Å². The van der Waals surface area contributed by atoms with Crippen molar-refractivity contribution in [2.24, 2.45) is 0 Å². The normalized spacial score (nSPS) is 10.8. The molecule has 0 atom stereocenters. The average Bonchev–Trinajstić information content (AvgIpc) is 3.04. The minimum Gasteiger partial charge on any atom is -0.379 e. The Kier molecular flexibility index (Phi) is 15.8. The predicted molar refractivity (Wildman–Crippen MR) is 174 cm³/mol. The van der Waals surface area contributed by atoms with Crippen LogP contribution in [0.2, 0.25) is 0 Å².